The minimum Gasteiger partial charge on any atom is -0.486 e. The lowest BCUT2D eigenvalue weighted by Gasteiger charge is -2.30. The normalized spacial score (nSPS) is 23.1. The summed E-state index contributed by atoms with van der Waals surface area (Å²) in [5.74, 6) is 0.814. The zero-order chi connectivity index (χ0) is 22.6. The monoisotopic (exact) mass is 457 g/mol. The van der Waals surface area contributed by atoms with E-state index in [9.17, 15) is 9.18 Å². The van der Waals surface area contributed by atoms with Crippen molar-refractivity contribution in [2.24, 2.45) is 0 Å². The fraction of sp³-hybridized carbons (Fsp3) is 0.522. The van der Waals surface area contributed by atoms with Gasteiger partial charge in [0.05, 0.1) is 31.5 Å². The maximum atomic E-state index is 13.1. The summed E-state index contributed by atoms with van der Waals surface area (Å²) in [6, 6.07) is 5.66. The first-order valence-corrected chi connectivity index (χ1v) is 11.4. The van der Waals surface area contributed by atoms with Gasteiger partial charge in [0.1, 0.15) is 17.7 Å². The van der Waals surface area contributed by atoms with Crippen LogP contribution in [0.2, 0.25) is 0 Å². The number of rotatable bonds is 5. The predicted molar refractivity (Wildman–Crippen MR) is 118 cm³/mol. The topological polar surface area (TPSA) is 97.8 Å². The van der Waals surface area contributed by atoms with Crippen LogP contribution in [0.25, 0.3) is 0 Å². The molecule has 2 fully saturated rings. The van der Waals surface area contributed by atoms with Gasteiger partial charge in [-0.05, 0) is 49.1 Å². The number of aromatic nitrogens is 2. The summed E-state index contributed by atoms with van der Waals surface area (Å²) in [4.78, 5) is 23.9. The number of fused-ring (bicyclic) bond motifs is 1. The largest absolute Gasteiger partial charge is 0.486 e. The van der Waals surface area contributed by atoms with E-state index >= 15 is 0 Å². The van der Waals surface area contributed by atoms with Gasteiger partial charge in [0.25, 0.3) is 0 Å². The Hall–Kier alpha value is -2.98. The number of halogens is 1. The summed E-state index contributed by atoms with van der Waals surface area (Å²) in [5, 5.41) is 6.42. The number of nitrogens with one attached hydrogen (secondary N) is 2. The molecule has 3 aliphatic rings. The minimum atomic E-state index is -0.339. The van der Waals surface area contributed by atoms with Crippen molar-refractivity contribution in [3.63, 3.8) is 0 Å². The van der Waals surface area contributed by atoms with Crippen molar-refractivity contribution in [2.45, 2.75) is 44.0 Å². The Morgan fingerprint density at radius 2 is 1.97 bits per heavy atom. The van der Waals surface area contributed by atoms with Gasteiger partial charge in [0.2, 0.25) is 5.95 Å². The van der Waals surface area contributed by atoms with Crippen molar-refractivity contribution < 1.29 is 23.4 Å². The lowest BCUT2D eigenvalue weighted by Crippen LogP contribution is -2.51. The molecule has 1 aromatic heterocycles. The van der Waals surface area contributed by atoms with Gasteiger partial charge in [-0.3, -0.25) is 0 Å². The Balaban J connectivity index is 1.18. The minimum absolute atomic E-state index is 0.179. The highest BCUT2D eigenvalue weighted by atomic mass is 19.1. The number of urea groups is 1. The van der Waals surface area contributed by atoms with Crippen LogP contribution in [0.4, 0.5) is 15.1 Å². The van der Waals surface area contributed by atoms with Crippen molar-refractivity contribution in [2.75, 3.05) is 38.3 Å². The van der Waals surface area contributed by atoms with E-state index in [1.807, 2.05) is 6.20 Å². The lowest BCUT2D eigenvalue weighted by atomic mass is 10.1. The number of ether oxygens (including phenoxy) is 3. The Bertz CT molecular complexity index is 970. The third-order valence-electron chi connectivity index (χ3n) is 6.23. The Labute approximate surface area is 191 Å². The second-order valence-corrected chi connectivity index (χ2v) is 8.57. The quantitative estimate of drug-likeness (QED) is 0.710. The molecule has 0 unspecified atom stereocenters. The van der Waals surface area contributed by atoms with Gasteiger partial charge >= 0.3 is 6.03 Å². The molecule has 0 saturated carbocycles. The number of nitrogens with zero attached hydrogens (tertiary/aromatic N) is 3. The van der Waals surface area contributed by atoms with Crippen LogP contribution in [0.15, 0.2) is 30.5 Å². The molecule has 9 nitrogen and oxygen atoms in total. The molecule has 33 heavy (non-hydrogen) atoms. The Morgan fingerprint density at radius 3 is 2.79 bits per heavy atom. The molecule has 176 valence electrons. The number of amides is 2. The van der Waals surface area contributed by atoms with Crippen LogP contribution in [0, 0.1) is 5.82 Å². The average Bonchev–Trinajstić information content (AvgIpc) is 3.27. The summed E-state index contributed by atoms with van der Waals surface area (Å²) in [6.07, 6.45) is 4.08. The van der Waals surface area contributed by atoms with Crippen molar-refractivity contribution in [3.8, 4) is 5.75 Å². The molecule has 2 saturated heterocycles. The molecule has 5 rings (SSSR count). The van der Waals surface area contributed by atoms with Crippen LogP contribution in [0.1, 0.15) is 24.1 Å². The molecule has 0 bridgehead atoms. The van der Waals surface area contributed by atoms with Crippen molar-refractivity contribution in [1.82, 2.24) is 20.2 Å². The maximum absolute atomic E-state index is 13.1. The molecule has 0 aliphatic carbocycles. The molecular formula is C23H28FN5O4. The number of carbonyl (C=O) groups excluding carboxylic acids is 1. The van der Waals surface area contributed by atoms with Crippen LogP contribution in [-0.4, -0.2) is 72.1 Å². The van der Waals surface area contributed by atoms with E-state index in [2.05, 4.69) is 20.6 Å². The highest BCUT2D eigenvalue weighted by Crippen LogP contribution is 2.21. The molecule has 1 aromatic carbocycles. The van der Waals surface area contributed by atoms with E-state index in [1.54, 1.807) is 17.0 Å². The van der Waals surface area contributed by atoms with E-state index in [4.69, 9.17) is 14.2 Å². The third-order valence-corrected chi connectivity index (χ3v) is 6.23. The van der Waals surface area contributed by atoms with Gasteiger partial charge in [0.15, 0.2) is 0 Å². The van der Waals surface area contributed by atoms with Gasteiger partial charge in [-0.2, -0.15) is 0 Å². The lowest BCUT2D eigenvalue weighted by molar-refractivity contribution is 0.0903. The van der Waals surface area contributed by atoms with E-state index in [0.717, 1.165) is 37.3 Å². The zero-order valence-electron chi connectivity index (χ0n) is 18.3. The number of hydrogen-bond donors (Lipinski definition) is 2. The van der Waals surface area contributed by atoms with Crippen LogP contribution in [-0.2, 0) is 22.4 Å². The molecule has 0 spiro atoms. The summed E-state index contributed by atoms with van der Waals surface area (Å²) < 4.78 is 30.0. The molecule has 2 N–H and O–H groups in total. The Kier molecular flexibility index (Phi) is 6.54. The van der Waals surface area contributed by atoms with E-state index in [0.29, 0.717) is 50.5 Å². The number of benzene rings is 1. The average molecular weight is 458 g/mol. The maximum Gasteiger partial charge on any atom is 0.318 e. The predicted octanol–water partition coefficient (Wildman–Crippen LogP) is 2.12. The highest BCUT2D eigenvalue weighted by Gasteiger charge is 2.33. The summed E-state index contributed by atoms with van der Waals surface area (Å²) in [7, 11) is 0. The summed E-state index contributed by atoms with van der Waals surface area (Å²) in [5.41, 5.74) is 1.93. The van der Waals surface area contributed by atoms with Gasteiger partial charge in [-0.25, -0.2) is 19.2 Å². The number of anilines is 1. The molecule has 10 heteroatoms. The molecule has 0 radical (unpaired) electrons. The van der Waals surface area contributed by atoms with Crippen molar-refractivity contribution in [1.29, 1.82) is 0 Å². The molecule has 2 atom stereocenters. The second-order valence-electron chi connectivity index (χ2n) is 8.57. The van der Waals surface area contributed by atoms with Crippen LogP contribution >= 0.6 is 0 Å². The third kappa shape index (κ3) is 5.33. The van der Waals surface area contributed by atoms with Gasteiger partial charge in [-0.1, -0.05) is 0 Å². The first-order valence-electron chi connectivity index (χ1n) is 11.4. The van der Waals surface area contributed by atoms with Gasteiger partial charge in [0, 0.05) is 32.0 Å². The number of carbonyl (C=O) groups is 1. The summed E-state index contributed by atoms with van der Waals surface area (Å²) >= 11 is 0. The SMILES string of the molecule is O=C(N[C@@H]1COC[C@@H]1Oc1ccc(F)cc1)N1CCc2cnc(NC3CCOCC3)nc2C1. The van der Waals surface area contributed by atoms with Crippen molar-refractivity contribution >= 4 is 12.0 Å². The number of hydrogen-bond acceptors (Lipinski definition) is 7. The molecule has 3 aliphatic heterocycles. The van der Waals surface area contributed by atoms with E-state index < -0.39 is 0 Å². The second kappa shape index (κ2) is 9.88. The molecule has 4 heterocycles. The zero-order valence-corrected chi connectivity index (χ0v) is 18.3. The first kappa shape index (κ1) is 21.8. The van der Waals surface area contributed by atoms with Crippen LogP contribution in [0.3, 0.4) is 0 Å². The standard InChI is InChI=1S/C23H28FN5O4/c24-16-1-3-18(4-2-16)33-21-14-32-13-20(21)28-23(30)29-8-5-15-11-25-22(27-19(15)12-29)26-17-6-9-31-10-7-17/h1-4,11,17,20-21H,5-10,12-14H2,(H,28,30)(H,25,26,27)/t20-,21+/m1/s1. The van der Waals surface area contributed by atoms with Crippen LogP contribution < -0.4 is 15.4 Å². The fourth-order valence-electron chi connectivity index (χ4n) is 4.29. The summed E-state index contributed by atoms with van der Waals surface area (Å²) in [6.45, 7) is 3.22. The molecule has 2 aromatic rings. The molecular weight excluding hydrogens is 429 g/mol. The van der Waals surface area contributed by atoms with E-state index in [-0.39, 0.29) is 24.0 Å². The highest BCUT2D eigenvalue weighted by molar-refractivity contribution is 5.75. The fourth-order valence-corrected chi connectivity index (χ4v) is 4.29. The molecule has 2 amide bonds. The van der Waals surface area contributed by atoms with Gasteiger partial charge < -0.3 is 29.7 Å². The smallest absolute Gasteiger partial charge is 0.318 e. The van der Waals surface area contributed by atoms with Gasteiger partial charge in [-0.15, -0.1) is 0 Å². The Morgan fingerprint density at radius 1 is 1.15 bits per heavy atom. The van der Waals surface area contributed by atoms with Crippen molar-refractivity contribution in [3.05, 3.63) is 47.5 Å². The van der Waals surface area contributed by atoms with E-state index in [1.165, 1.54) is 12.1 Å². The van der Waals surface area contributed by atoms with Crippen LogP contribution in [0.5, 0.6) is 5.75 Å². The first-order chi connectivity index (χ1) is 16.1.